The molecule has 78 valence electrons. The lowest BCUT2D eigenvalue weighted by Gasteiger charge is -2.11. The molecule has 0 saturated carbocycles. The highest BCUT2D eigenvalue weighted by molar-refractivity contribution is 5.34. The van der Waals surface area contributed by atoms with Crippen LogP contribution < -0.4 is 10.1 Å². The van der Waals surface area contributed by atoms with Crippen LogP contribution in [0.5, 0.6) is 5.75 Å². The van der Waals surface area contributed by atoms with Crippen molar-refractivity contribution >= 4 is 0 Å². The van der Waals surface area contributed by atoms with E-state index in [0.29, 0.717) is 6.04 Å². The zero-order valence-corrected chi connectivity index (χ0v) is 9.42. The van der Waals surface area contributed by atoms with Gasteiger partial charge in [-0.2, -0.15) is 0 Å². The van der Waals surface area contributed by atoms with E-state index in [1.165, 1.54) is 11.1 Å². The van der Waals surface area contributed by atoms with Gasteiger partial charge in [0.1, 0.15) is 5.75 Å². The maximum absolute atomic E-state index is 5.16. The van der Waals surface area contributed by atoms with Gasteiger partial charge in [-0.1, -0.05) is 19.9 Å². The van der Waals surface area contributed by atoms with E-state index >= 15 is 0 Å². The summed E-state index contributed by atoms with van der Waals surface area (Å²) in [7, 11) is 1.70. The molecule has 1 rings (SSSR count). The molecular weight excluding hydrogens is 174 g/mol. The quantitative estimate of drug-likeness (QED) is 0.793. The van der Waals surface area contributed by atoms with Gasteiger partial charge in [-0.3, -0.25) is 0 Å². The minimum absolute atomic E-state index is 0.525. The van der Waals surface area contributed by atoms with Crippen molar-refractivity contribution in [2.75, 3.05) is 7.11 Å². The number of aryl methyl sites for hydroxylation is 1. The lowest BCUT2D eigenvalue weighted by Crippen LogP contribution is -2.22. The topological polar surface area (TPSA) is 21.3 Å². The summed E-state index contributed by atoms with van der Waals surface area (Å²) < 4.78 is 5.16. The van der Waals surface area contributed by atoms with Crippen LogP contribution in [0.3, 0.4) is 0 Å². The molecule has 1 N–H and O–H groups in total. The molecule has 0 heterocycles. The number of methoxy groups -OCH3 is 1. The molecule has 0 aromatic heterocycles. The standard InChI is InChI=1S/C12H19NO/c1-9(2)13-8-11-5-6-12(14-4)7-10(11)3/h5-7,9,13H,8H2,1-4H3. The molecule has 0 radical (unpaired) electrons. The summed E-state index contributed by atoms with van der Waals surface area (Å²) in [5.41, 5.74) is 2.61. The van der Waals surface area contributed by atoms with Crippen LogP contribution in [0.1, 0.15) is 25.0 Å². The van der Waals surface area contributed by atoms with Crippen molar-refractivity contribution in [1.29, 1.82) is 0 Å². The zero-order valence-electron chi connectivity index (χ0n) is 9.42. The molecule has 0 amide bonds. The largest absolute Gasteiger partial charge is 0.497 e. The van der Waals surface area contributed by atoms with Crippen molar-refractivity contribution in [1.82, 2.24) is 5.32 Å². The van der Waals surface area contributed by atoms with E-state index in [1.807, 2.05) is 6.07 Å². The summed E-state index contributed by atoms with van der Waals surface area (Å²) >= 11 is 0. The van der Waals surface area contributed by atoms with Crippen LogP contribution in [0.15, 0.2) is 18.2 Å². The first-order valence-electron chi connectivity index (χ1n) is 5.00. The van der Waals surface area contributed by atoms with Crippen molar-refractivity contribution in [2.24, 2.45) is 0 Å². The highest BCUT2D eigenvalue weighted by atomic mass is 16.5. The Morgan fingerprint density at radius 1 is 1.36 bits per heavy atom. The van der Waals surface area contributed by atoms with E-state index < -0.39 is 0 Å². The fraction of sp³-hybridized carbons (Fsp3) is 0.500. The minimum Gasteiger partial charge on any atom is -0.497 e. The van der Waals surface area contributed by atoms with Crippen molar-refractivity contribution in [3.05, 3.63) is 29.3 Å². The maximum atomic E-state index is 5.16. The predicted octanol–water partition coefficient (Wildman–Crippen LogP) is 2.50. The molecule has 1 aromatic rings. The normalized spacial score (nSPS) is 10.6. The van der Waals surface area contributed by atoms with Gasteiger partial charge in [0.15, 0.2) is 0 Å². The summed E-state index contributed by atoms with van der Waals surface area (Å²) in [5, 5.41) is 3.40. The number of hydrogen-bond donors (Lipinski definition) is 1. The molecule has 0 aliphatic rings. The number of hydrogen-bond acceptors (Lipinski definition) is 2. The van der Waals surface area contributed by atoms with Crippen molar-refractivity contribution < 1.29 is 4.74 Å². The van der Waals surface area contributed by atoms with Gasteiger partial charge in [-0.05, 0) is 30.2 Å². The van der Waals surface area contributed by atoms with Crippen molar-refractivity contribution in [2.45, 2.75) is 33.4 Å². The Labute approximate surface area is 86.3 Å². The minimum atomic E-state index is 0.525. The number of ether oxygens (including phenoxy) is 1. The first kappa shape index (κ1) is 11.1. The smallest absolute Gasteiger partial charge is 0.119 e. The van der Waals surface area contributed by atoms with E-state index in [9.17, 15) is 0 Å². The lowest BCUT2D eigenvalue weighted by atomic mass is 10.1. The molecule has 1 aromatic carbocycles. The van der Waals surface area contributed by atoms with Gasteiger partial charge in [0.2, 0.25) is 0 Å². The SMILES string of the molecule is COc1ccc(CNC(C)C)c(C)c1. The van der Waals surface area contributed by atoms with E-state index in [0.717, 1.165) is 12.3 Å². The molecule has 2 heteroatoms. The third-order valence-corrected chi connectivity index (χ3v) is 2.25. The van der Waals surface area contributed by atoms with Gasteiger partial charge in [-0.15, -0.1) is 0 Å². The molecule has 0 aliphatic carbocycles. The van der Waals surface area contributed by atoms with Gasteiger partial charge >= 0.3 is 0 Å². The van der Waals surface area contributed by atoms with E-state index in [2.05, 4.69) is 38.2 Å². The van der Waals surface area contributed by atoms with Crippen LogP contribution in [0, 0.1) is 6.92 Å². The Kier molecular flexibility index (Phi) is 3.96. The Hall–Kier alpha value is -1.02. The number of nitrogens with one attached hydrogen (secondary N) is 1. The average Bonchev–Trinajstić information content (AvgIpc) is 2.15. The van der Waals surface area contributed by atoms with Crippen LogP contribution in [-0.2, 0) is 6.54 Å². The highest BCUT2D eigenvalue weighted by Crippen LogP contribution is 2.16. The monoisotopic (exact) mass is 193 g/mol. The van der Waals surface area contributed by atoms with Crippen LogP contribution in [0.4, 0.5) is 0 Å². The molecule has 0 atom stereocenters. The van der Waals surface area contributed by atoms with Crippen LogP contribution in [0.25, 0.3) is 0 Å². The van der Waals surface area contributed by atoms with E-state index in [1.54, 1.807) is 7.11 Å². The summed E-state index contributed by atoms with van der Waals surface area (Å²) in [5.74, 6) is 0.927. The molecule has 0 bridgehead atoms. The van der Waals surface area contributed by atoms with Crippen LogP contribution >= 0.6 is 0 Å². The predicted molar refractivity (Wildman–Crippen MR) is 59.7 cm³/mol. The van der Waals surface area contributed by atoms with Gasteiger partial charge < -0.3 is 10.1 Å². The molecule has 0 spiro atoms. The second kappa shape index (κ2) is 5.01. The third-order valence-electron chi connectivity index (χ3n) is 2.25. The third kappa shape index (κ3) is 3.04. The summed E-state index contributed by atoms with van der Waals surface area (Å²) in [6.45, 7) is 7.34. The van der Waals surface area contributed by atoms with Crippen molar-refractivity contribution in [3.63, 3.8) is 0 Å². The number of rotatable bonds is 4. The fourth-order valence-corrected chi connectivity index (χ4v) is 1.31. The average molecular weight is 193 g/mol. The zero-order chi connectivity index (χ0) is 10.6. The first-order chi connectivity index (χ1) is 6.63. The van der Waals surface area contributed by atoms with Crippen LogP contribution in [0.2, 0.25) is 0 Å². The number of benzene rings is 1. The summed E-state index contributed by atoms with van der Waals surface area (Å²) in [4.78, 5) is 0. The second-order valence-electron chi connectivity index (χ2n) is 3.83. The molecule has 0 unspecified atom stereocenters. The van der Waals surface area contributed by atoms with Gasteiger partial charge in [-0.25, -0.2) is 0 Å². The van der Waals surface area contributed by atoms with Gasteiger partial charge in [0.05, 0.1) is 7.11 Å². The van der Waals surface area contributed by atoms with Crippen molar-refractivity contribution in [3.8, 4) is 5.75 Å². The van der Waals surface area contributed by atoms with E-state index in [-0.39, 0.29) is 0 Å². The Bertz CT molecular complexity index is 294. The second-order valence-corrected chi connectivity index (χ2v) is 3.83. The summed E-state index contributed by atoms with van der Waals surface area (Å²) in [6.07, 6.45) is 0. The van der Waals surface area contributed by atoms with Crippen LogP contribution in [-0.4, -0.2) is 13.2 Å². The highest BCUT2D eigenvalue weighted by Gasteiger charge is 2.00. The summed E-state index contributed by atoms with van der Waals surface area (Å²) in [6, 6.07) is 6.71. The lowest BCUT2D eigenvalue weighted by molar-refractivity contribution is 0.414. The van der Waals surface area contributed by atoms with E-state index in [4.69, 9.17) is 4.74 Å². The molecule has 0 aliphatic heterocycles. The molecule has 2 nitrogen and oxygen atoms in total. The molecule has 0 fully saturated rings. The maximum Gasteiger partial charge on any atom is 0.119 e. The Morgan fingerprint density at radius 2 is 2.07 bits per heavy atom. The first-order valence-corrected chi connectivity index (χ1v) is 5.00. The molecule has 14 heavy (non-hydrogen) atoms. The van der Waals surface area contributed by atoms with Gasteiger partial charge in [0, 0.05) is 12.6 Å². The fourth-order valence-electron chi connectivity index (χ4n) is 1.31. The Morgan fingerprint density at radius 3 is 2.57 bits per heavy atom. The molecule has 0 saturated heterocycles. The van der Waals surface area contributed by atoms with Gasteiger partial charge in [0.25, 0.3) is 0 Å². The Balaban J connectivity index is 2.69. The molecular formula is C12H19NO.